The fourth-order valence-corrected chi connectivity index (χ4v) is 7.12. The second-order valence-electron chi connectivity index (χ2n) is 17.7. The molecular weight excluding hydrogens is 763 g/mol. The molecule has 0 aromatic heterocycles. The van der Waals surface area contributed by atoms with Crippen LogP contribution in [0.1, 0.15) is 206 Å². The number of carboxylic acids is 1. The number of unbranched alkanes of at least 4 members (excludes halogenated alkanes) is 20. The van der Waals surface area contributed by atoms with Crippen LogP contribution in [-0.2, 0) is 28.6 Å². The summed E-state index contributed by atoms with van der Waals surface area (Å²) in [6.45, 7) is 4.62. The van der Waals surface area contributed by atoms with E-state index in [0.717, 1.165) is 83.5 Å². The molecule has 2 unspecified atom stereocenters. The minimum Gasteiger partial charge on any atom is -0.477 e. The largest absolute Gasteiger partial charge is 0.477 e. The fraction of sp³-hybridized carbons (Fsp3) is 0.755. The van der Waals surface area contributed by atoms with Gasteiger partial charge in [-0.15, -0.1) is 0 Å². The van der Waals surface area contributed by atoms with E-state index in [1.807, 2.05) is 21.1 Å². The summed E-state index contributed by atoms with van der Waals surface area (Å²) in [5.41, 5.74) is 0. The fourth-order valence-electron chi connectivity index (χ4n) is 7.12. The van der Waals surface area contributed by atoms with Crippen molar-refractivity contribution >= 4 is 17.9 Å². The van der Waals surface area contributed by atoms with Crippen LogP contribution in [-0.4, -0.2) is 80.6 Å². The maximum atomic E-state index is 12.8. The van der Waals surface area contributed by atoms with Crippen molar-refractivity contribution in [2.75, 3.05) is 41.0 Å². The number of carbonyl (C=O) groups excluding carboxylic acids is 2. The predicted octanol–water partition coefficient (Wildman–Crippen LogP) is 14.1. The van der Waals surface area contributed by atoms with Gasteiger partial charge in [0.15, 0.2) is 12.1 Å². The number of hydrogen-bond acceptors (Lipinski definition) is 6. The Hall–Kier alpha value is -2.97. The number of likely N-dealkylation sites (N-methyl/N-ethyl adjacent to an activating group) is 1. The van der Waals surface area contributed by atoms with Gasteiger partial charge in [0.2, 0.25) is 0 Å². The standard InChI is InChI=1S/C53H93NO7/c1-6-8-10-12-14-16-18-20-22-23-24-25-26-27-28-29-30-32-34-36-38-40-42-44-52(56)61-49(47-59-46-45-50(53(57)58)54(3,4)5)48-60-51(55)43-41-39-37-35-33-31-21-19-17-15-13-11-9-7-2/h8,10,14,16,20,22,24-25,27-28,49-50H,6-7,9,11-13,15,17-19,21,23,26,29-48H2,1-5H3/p+1/b10-8+,16-14+,22-20+,25-24+,28-27+. The van der Waals surface area contributed by atoms with Crippen LogP contribution >= 0.6 is 0 Å². The van der Waals surface area contributed by atoms with Gasteiger partial charge in [-0.05, 0) is 57.8 Å². The quantitative estimate of drug-likeness (QED) is 0.0282. The predicted molar refractivity (Wildman–Crippen MR) is 257 cm³/mol. The van der Waals surface area contributed by atoms with E-state index in [2.05, 4.69) is 74.6 Å². The van der Waals surface area contributed by atoms with E-state index in [-0.39, 0.29) is 36.2 Å². The van der Waals surface area contributed by atoms with Crippen LogP contribution in [0.4, 0.5) is 0 Å². The van der Waals surface area contributed by atoms with Crippen molar-refractivity contribution in [3.63, 3.8) is 0 Å². The van der Waals surface area contributed by atoms with Crippen molar-refractivity contribution in [1.29, 1.82) is 0 Å². The molecule has 0 spiro atoms. The van der Waals surface area contributed by atoms with Crippen LogP contribution in [0.15, 0.2) is 60.8 Å². The first-order valence-electron chi connectivity index (χ1n) is 24.8. The van der Waals surface area contributed by atoms with Gasteiger partial charge < -0.3 is 23.8 Å². The number of esters is 2. The Kier molecular flexibility index (Phi) is 41.5. The third-order valence-corrected chi connectivity index (χ3v) is 10.9. The average molecular weight is 857 g/mol. The molecule has 0 aliphatic heterocycles. The summed E-state index contributed by atoms with van der Waals surface area (Å²) in [6, 6.07) is -0.618. The number of allylic oxidation sites excluding steroid dienone is 10. The van der Waals surface area contributed by atoms with Gasteiger partial charge in [0, 0.05) is 19.3 Å². The minimum atomic E-state index is -0.877. The zero-order valence-electron chi connectivity index (χ0n) is 40.1. The van der Waals surface area contributed by atoms with Gasteiger partial charge in [-0.1, -0.05) is 190 Å². The Balaban J connectivity index is 4.28. The number of carboxylic acid groups (broad SMARTS) is 1. The highest BCUT2D eigenvalue weighted by molar-refractivity contribution is 5.72. The summed E-state index contributed by atoms with van der Waals surface area (Å²) in [4.78, 5) is 37.1. The second-order valence-corrected chi connectivity index (χ2v) is 17.7. The van der Waals surface area contributed by atoms with Gasteiger partial charge in [0.05, 0.1) is 34.4 Å². The molecule has 0 aromatic rings. The Morgan fingerprint density at radius 1 is 0.508 bits per heavy atom. The molecule has 61 heavy (non-hydrogen) atoms. The maximum Gasteiger partial charge on any atom is 0.362 e. The summed E-state index contributed by atoms with van der Waals surface area (Å²) in [6.07, 6.45) is 54.0. The number of quaternary nitrogens is 1. The molecule has 8 heteroatoms. The van der Waals surface area contributed by atoms with Crippen LogP contribution in [0.5, 0.6) is 0 Å². The molecule has 0 radical (unpaired) electrons. The lowest BCUT2D eigenvalue weighted by Gasteiger charge is -2.31. The lowest BCUT2D eigenvalue weighted by molar-refractivity contribution is -0.887. The molecule has 0 aromatic carbocycles. The zero-order chi connectivity index (χ0) is 44.9. The van der Waals surface area contributed by atoms with E-state index in [1.54, 1.807) is 0 Å². The van der Waals surface area contributed by atoms with Crippen LogP contribution in [0, 0.1) is 0 Å². The van der Waals surface area contributed by atoms with Crippen LogP contribution in [0.3, 0.4) is 0 Å². The normalized spacial score (nSPS) is 13.4. The first kappa shape index (κ1) is 58.0. The van der Waals surface area contributed by atoms with Gasteiger partial charge >= 0.3 is 17.9 Å². The first-order valence-corrected chi connectivity index (χ1v) is 24.8. The summed E-state index contributed by atoms with van der Waals surface area (Å²) in [5.74, 6) is -1.48. The van der Waals surface area contributed by atoms with E-state index < -0.39 is 18.1 Å². The van der Waals surface area contributed by atoms with E-state index in [9.17, 15) is 19.5 Å². The van der Waals surface area contributed by atoms with Crippen molar-refractivity contribution in [3.05, 3.63) is 60.8 Å². The van der Waals surface area contributed by atoms with Crippen molar-refractivity contribution in [2.45, 2.75) is 219 Å². The Morgan fingerprint density at radius 3 is 1.36 bits per heavy atom. The second kappa shape index (κ2) is 43.7. The zero-order valence-corrected chi connectivity index (χ0v) is 40.1. The van der Waals surface area contributed by atoms with E-state index in [0.29, 0.717) is 19.3 Å². The Morgan fingerprint density at radius 2 is 0.918 bits per heavy atom. The van der Waals surface area contributed by atoms with Gasteiger partial charge in [0.25, 0.3) is 0 Å². The third-order valence-electron chi connectivity index (χ3n) is 10.9. The summed E-state index contributed by atoms with van der Waals surface area (Å²) >= 11 is 0. The average Bonchev–Trinajstić information content (AvgIpc) is 3.22. The first-order chi connectivity index (χ1) is 29.6. The monoisotopic (exact) mass is 857 g/mol. The Labute approximate surface area is 375 Å². The van der Waals surface area contributed by atoms with Crippen molar-refractivity contribution in [2.24, 2.45) is 0 Å². The Bertz CT molecular complexity index is 1180. The van der Waals surface area contributed by atoms with Crippen molar-refractivity contribution in [3.8, 4) is 0 Å². The molecule has 0 fully saturated rings. The summed E-state index contributed by atoms with van der Waals surface area (Å²) < 4.78 is 17.3. The number of carbonyl (C=O) groups is 3. The summed E-state index contributed by atoms with van der Waals surface area (Å²) in [7, 11) is 5.53. The maximum absolute atomic E-state index is 12.8. The van der Waals surface area contributed by atoms with Gasteiger partial charge in [-0.3, -0.25) is 9.59 Å². The molecule has 352 valence electrons. The number of ether oxygens (including phenoxy) is 3. The number of aliphatic carboxylic acids is 1. The smallest absolute Gasteiger partial charge is 0.362 e. The number of rotatable bonds is 44. The molecule has 0 heterocycles. The SMILES string of the molecule is CC/C=C/C/C=C/C/C=C/C/C=C/C/C=C/CCCCCCCCCC(=O)OC(COCCC(C(=O)O)[N+](C)(C)C)COC(=O)CCCCCCCCCCCCCCCC. The molecular formula is C53H94NO7+. The van der Waals surface area contributed by atoms with Crippen LogP contribution < -0.4 is 0 Å². The molecule has 0 bridgehead atoms. The van der Waals surface area contributed by atoms with Gasteiger partial charge in [-0.2, -0.15) is 0 Å². The molecule has 0 aliphatic rings. The van der Waals surface area contributed by atoms with Gasteiger partial charge in [-0.25, -0.2) is 4.79 Å². The van der Waals surface area contributed by atoms with Crippen molar-refractivity contribution in [1.82, 2.24) is 0 Å². The number of hydrogen-bond donors (Lipinski definition) is 1. The van der Waals surface area contributed by atoms with Gasteiger partial charge in [0.1, 0.15) is 6.61 Å². The third kappa shape index (κ3) is 42.1. The van der Waals surface area contributed by atoms with E-state index >= 15 is 0 Å². The molecule has 0 amide bonds. The molecule has 0 saturated carbocycles. The molecule has 8 nitrogen and oxygen atoms in total. The minimum absolute atomic E-state index is 0.0551. The van der Waals surface area contributed by atoms with E-state index in [4.69, 9.17) is 14.2 Å². The molecule has 0 aliphatic carbocycles. The highest BCUT2D eigenvalue weighted by Crippen LogP contribution is 2.15. The van der Waals surface area contributed by atoms with E-state index in [1.165, 1.54) is 89.9 Å². The molecule has 2 atom stereocenters. The summed E-state index contributed by atoms with van der Waals surface area (Å²) in [5, 5.41) is 9.64. The highest BCUT2D eigenvalue weighted by atomic mass is 16.6. The van der Waals surface area contributed by atoms with Crippen LogP contribution in [0.25, 0.3) is 0 Å². The van der Waals surface area contributed by atoms with Crippen molar-refractivity contribution < 1.29 is 38.2 Å². The molecule has 1 N–H and O–H groups in total. The molecule has 0 saturated heterocycles. The topological polar surface area (TPSA) is 99.1 Å². The lowest BCUT2D eigenvalue weighted by atomic mass is 10.0. The number of nitrogens with zero attached hydrogens (tertiary/aromatic N) is 1. The highest BCUT2D eigenvalue weighted by Gasteiger charge is 2.31. The lowest BCUT2D eigenvalue weighted by Crippen LogP contribution is -2.50. The molecule has 0 rings (SSSR count). The van der Waals surface area contributed by atoms with Crippen LogP contribution in [0.2, 0.25) is 0 Å².